The van der Waals surface area contributed by atoms with Crippen molar-refractivity contribution < 1.29 is 9.90 Å². The van der Waals surface area contributed by atoms with Crippen LogP contribution in [-0.2, 0) is 4.79 Å². The number of hydrogen-bond donors (Lipinski definition) is 2. The molecule has 6 nitrogen and oxygen atoms in total. The number of rotatable bonds is 10. The van der Waals surface area contributed by atoms with Crippen molar-refractivity contribution in [1.29, 1.82) is 0 Å². The average Bonchev–Trinajstić information content (AvgIpc) is 2.90. The monoisotopic (exact) mass is 470 g/mol. The van der Waals surface area contributed by atoms with Crippen molar-refractivity contribution in [2.75, 3.05) is 39.3 Å². The van der Waals surface area contributed by atoms with Crippen LogP contribution in [0.1, 0.15) is 35.6 Å². The minimum Gasteiger partial charge on any atom is -0.506 e. The highest BCUT2D eigenvalue weighted by Crippen LogP contribution is 2.29. The minimum absolute atomic E-state index is 0.0871. The molecule has 1 saturated heterocycles. The Labute approximate surface area is 207 Å². The lowest BCUT2D eigenvalue weighted by Crippen LogP contribution is -2.48. The topological polar surface area (TPSA) is 68.7 Å². The summed E-state index contributed by atoms with van der Waals surface area (Å²) < 4.78 is 0. The molecule has 1 amide bonds. The van der Waals surface area contributed by atoms with E-state index in [0.29, 0.717) is 18.2 Å². The van der Waals surface area contributed by atoms with Gasteiger partial charge >= 0.3 is 0 Å². The first-order chi connectivity index (χ1) is 17.2. The summed E-state index contributed by atoms with van der Waals surface area (Å²) in [4.78, 5) is 21.0. The molecule has 1 aliphatic heterocycles. The van der Waals surface area contributed by atoms with Gasteiger partial charge in [-0.25, -0.2) is 0 Å². The predicted molar refractivity (Wildman–Crippen MR) is 140 cm³/mol. The molecule has 182 valence electrons. The van der Waals surface area contributed by atoms with Gasteiger partial charge in [-0.05, 0) is 48.2 Å². The zero-order chi connectivity index (χ0) is 24.3. The lowest BCUT2D eigenvalue weighted by atomic mass is 9.96. The number of piperazine rings is 1. The van der Waals surface area contributed by atoms with E-state index in [1.807, 2.05) is 0 Å². The van der Waals surface area contributed by atoms with Crippen LogP contribution in [0.5, 0.6) is 5.75 Å². The molecule has 3 aromatic rings. The fourth-order valence-electron chi connectivity index (χ4n) is 4.57. The molecule has 35 heavy (non-hydrogen) atoms. The Morgan fingerprint density at radius 1 is 0.943 bits per heavy atom. The number of nitrogens with zero attached hydrogens (tertiary/aromatic N) is 3. The van der Waals surface area contributed by atoms with Crippen molar-refractivity contribution in [1.82, 2.24) is 20.1 Å². The molecule has 2 aromatic carbocycles. The van der Waals surface area contributed by atoms with Gasteiger partial charge < -0.3 is 15.3 Å². The second-order valence-electron chi connectivity index (χ2n) is 8.91. The van der Waals surface area contributed by atoms with Gasteiger partial charge in [0.05, 0.1) is 12.2 Å². The first-order valence-corrected chi connectivity index (χ1v) is 12.4. The minimum atomic E-state index is -0.130. The summed E-state index contributed by atoms with van der Waals surface area (Å²) in [5.41, 5.74) is 3.38. The van der Waals surface area contributed by atoms with Gasteiger partial charge in [0.15, 0.2) is 0 Å². The van der Waals surface area contributed by atoms with Gasteiger partial charge in [-0.15, -0.1) is 0 Å². The van der Waals surface area contributed by atoms with Crippen LogP contribution in [-0.4, -0.2) is 65.1 Å². The van der Waals surface area contributed by atoms with Crippen LogP contribution in [0.2, 0.25) is 0 Å². The fourth-order valence-corrected chi connectivity index (χ4v) is 4.57. The molecule has 0 spiro atoms. The molecular formula is C29H34N4O2. The van der Waals surface area contributed by atoms with Crippen molar-refractivity contribution >= 4 is 12.0 Å². The molecule has 0 unspecified atom stereocenters. The number of hydrogen-bond acceptors (Lipinski definition) is 5. The first kappa shape index (κ1) is 24.6. The van der Waals surface area contributed by atoms with Crippen molar-refractivity contribution in [3.05, 3.63) is 102 Å². The van der Waals surface area contributed by atoms with Gasteiger partial charge in [0.1, 0.15) is 5.75 Å². The van der Waals surface area contributed by atoms with Crippen LogP contribution in [0.4, 0.5) is 0 Å². The van der Waals surface area contributed by atoms with E-state index < -0.39 is 0 Å². The summed E-state index contributed by atoms with van der Waals surface area (Å²) >= 11 is 0. The van der Waals surface area contributed by atoms with Gasteiger partial charge in [0.2, 0.25) is 5.91 Å². The Hall–Kier alpha value is -3.48. The normalized spacial score (nSPS) is 15.0. The zero-order valence-electron chi connectivity index (χ0n) is 20.1. The summed E-state index contributed by atoms with van der Waals surface area (Å²) in [6.45, 7) is 5.91. The Morgan fingerprint density at radius 3 is 2.23 bits per heavy atom. The number of aromatic hydroxyl groups is 1. The maximum Gasteiger partial charge on any atom is 0.243 e. The van der Waals surface area contributed by atoms with Gasteiger partial charge in [0, 0.05) is 45.0 Å². The number of pyridine rings is 1. The molecule has 6 heteroatoms. The molecule has 2 heterocycles. The second-order valence-corrected chi connectivity index (χ2v) is 8.91. The smallest absolute Gasteiger partial charge is 0.243 e. The zero-order valence-corrected chi connectivity index (χ0v) is 20.1. The molecule has 1 fully saturated rings. The van der Waals surface area contributed by atoms with Crippen molar-refractivity contribution in [3.63, 3.8) is 0 Å². The first-order valence-electron chi connectivity index (χ1n) is 12.4. The third kappa shape index (κ3) is 7.50. The third-order valence-corrected chi connectivity index (χ3v) is 6.38. The molecule has 4 rings (SSSR count). The standard InChI is InChI=1S/C29H34N4O2/c34-27-21-24(22-30-23-27)13-14-28(35)31-15-7-8-16-32-17-19-33(20-18-32)29(25-9-3-1-4-10-25)26-11-5-2-6-12-26/h1-6,9-14,21-23,29,34H,7-8,15-20H2,(H,31,35)/b14-13+. The number of unbranched alkanes of at least 4 members (excludes halogenated alkanes) is 1. The molecule has 0 aliphatic carbocycles. The quantitative estimate of drug-likeness (QED) is 0.345. The van der Waals surface area contributed by atoms with E-state index >= 15 is 0 Å². The molecular weight excluding hydrogens is 436 g/mol. The molecule has 0 atom stereocenters. The van der Waals surface area contributed by atoms with Crippen LogP contribution >= 0.6 is 0 Å². The van der Waals surface area contributed by atoms with E-state index in [4.69, 9.17) is 0 Å². The van der Waals surface area contributed by atoms with Gasteiger partial charge in [-0.1, -0.05) is 60.7 Å². The molecule has 1 aliphatic rings. The average molecular weight is 471 g/mol. The number of carbonyl (C=O) groups is 1. The number of nitrogens with one attached hydrogen (secondary N) is 1. The lowest BCUT2D eigenvalue weighted by molar-refractivity contribution is -0.116. The Balaban J connectivity index is 1.18. The Kier molecular flexibility index (Phi) is 9.04. The summed E-state index contributed by atoms with van der Waals surface area (Å²) in [6, 6.07) is 23.4. The van der Waals surface area contributed by atoms with E-state index in [-0.39, 0.29) is 11.7 Å². The largest absolute Gasteiger partial charge is 0.506 e. The molecule has 0 bridgehead atoms. The van der Waals surface area contributed by atoms with E-state index in [1.54, 1.807) is 18.3 Å². The van der Waals surface area contributed by atoms with E-state index in [9.17, 15) is 9.90 Å². The second kappa shape index (κ2) is 12.8. The van der Waals surface area contributed by atoms with Gasteiger partial charge in [-0.3, -0.25) is 14.7 Å². The van der Waals surface area contributed by atoms with Crippen molar-refractivity contribution in [2.24, 2.45) is 0 Å². The highest BCUT2D eigenvalue weighted by Gasteiger charge is 2.26. The summed E-state index contributed by atoms with van der Waals surface area (Å²) in [5.74, 6) is -0.0427. The molecule has 0 radical (unpaired) electrons. The molecule has 2 N–H and O–H groups in total. The van der Waals surface area contributed by atoms with Crippen LogP contribution in [0.3, 0.4) is 0 Å². The number of benzene rings is 2. The lowest BCUT2D eigenvalue weighted by Gasteiger charge is -2.39. The number of aromatic nitrogens is 1. The Bertz CT molecular complexity index is 1040. The number of amides is 1. The third-order valence-electron chi connectivity index (χ3n) is 6.38. The highest BCUT2D eigenvalue weighted by molar-refractivity contribution is 5.91. The van der Waals surface area contributed by atoms with Gasteiger partial charge in [0.25, 0.3) is 0 Å². The predicted octanol–water partition coefficient (Wildman–Crippen LogP) is 4.10. The number of carbonyl (C=O) groups excluding carboxylic acids is 1. The fraction of sp³-hybridized carbons (Fsp3) is 0.310. The van der Waals surface area contributed by atoms with Crippen molar-refractivity contribution in [2.45, 2.75) is 18.9 Å². The van der Waals surface area contributed by atoms with E-state index in [0.717, 1.165) is 45.6 Å². The maximum atomic E-state index is 12.0. The highest BCUT2D eigenvalue weighted by atomic mass is 16.3. The van der Waals surface area contributed by atoms with Crippen LogP contribution in [0.25, 0.3) is 6.08 Å². The summed E-state index contributed by atoms with van der Waals surface area (Å²) in [6.07, 6.45) is 8.10. The van der Waals surface area contributed by atoms with Crippen LogP contribution < -0.4 is 5.32 Å². The Morgan fingerprint density at radius 2 is 1.60 bits per heavy atom. The van der Waals surface area contributed by atoms with Crippen LogP contribution in [0.15, 0.2) is 85.2 Å². The van der Waals surface area contributed by atoms with E-state index in [2.05, 4.69) is 80.8 Å². The SMILES string of the molecule is O=C(/C=C/c1cncc(O)c1)NCCCCN1CCN(C(c2ccccc2)c2ccccc2)CC1. The van der Waals surface area contributed by atoms with Crippen LogP contribution in [0, 0.1) is 0 Å². The van der Waals surface area contributed by atoms with Gasteiger partial charge in [-0.2, -0.15) is 0 Å². The summed E-state index contributed by atoms with van der Waals surface area (Å²) in [7, 11) is 0. The van der Waals surface area contributed by atoms with E-state index in [1.165, 1.54) is 23.4 Å². The van der Waals surface area contributed by atoms with Crippen molar-refractivity contribution in [3.8, 4) is 5.75 Å². The molecule has 0 saturated carbocycles. The molecule has 1 aromatic heterocycles. The summed E-state index contributed by atoms with van der Waals surface area (Å²) in [5, 5.41) is 12.4. The maximum absolute atomic E-state index is 12.0.